The number of pyridine rings is 1. The highest BCUT2D eigenvalue weighted by Crippen LogP contribution is 2.34. The minimum Gasteiger partial charge on any atom is -0.497 e. The van der Waals surface area contributed by atoms with E-state index in [1.165, 1.54) is 0 Å². The average molecular weight is 390 g/mol. The van der Waals surface area contributed by atoms with Gasteiger partial charge in [0.25, 0.3) is 5.91 Å². The van der Waals surface area contributed by atoms with E-state index in [1.54, 1.807) is 7.11 Å². The average Bonchev–Trinajstić information content (AvgIpc) is 3.22. The summed E-state index contributed by atoms with van der Waals surface area (Å²) >= 11 is 0. The van der Waals surface area contributed by atoms with E-state index in [2.05, 4.69) is 17.1 Å². The van der Waals surface area contributed by atoms with Crippen LogP contribution in [0.2, 0.25) is 0 Å². The van der Waals surface area contributed by atoms with Crippen LogP contribution in [0.25, 0.3) is 10.9 Å². The number of carbonyl (C=O) groups excluding carboxylic acids is 1. The molecule has 1 fully saturated rings. The van der Waals surface area contributed by atoms with E-state index >= 15 is 0 Å². The molecule has 3 aromatic rings. The summed E-state index contributed by atoms with van der Waals surface area (Å²) in [6, 6.07) is 16.0. The third-order valence-electron chi connectivity index (χ3n) is 5.46. The van der Waals surface area contributed by atoms with E-state index in [9.17, 15) is 4.79 Å². The second-order valence-corrected chi connectivity index (χ2v) is 7.59. The maximum Gasteiger partial charge on any atom is 0.261 e. The predicted molar refractivity (Wildman–Crippen MR) is 113 cm³/mol. The van der Waals surface area contributed by atoms with Gasteiger partial charge in [-0.05, 0) is 56.5 Å². The Bertz CT molecular complexity index is 1050. The van der Waals surface area contributed by atoms with Crippen molar-refractivity contribution in [3.8, 4) is 11.5 Å². The molecule has 1 aliphatic heterocycles. The number of nitrogens with zero attached hydrogens (tertiary/aromatic N) is 2. The summed E-state index contributed by atoms with van der Waals surface area (Å²) in [6.45, 7) is 4.75. The molecule has 150 valence electrons. The number of methoxy groups -OCH3 is 1. The number of fused-ring (bicyclic) bond motifs is 1. The zero-order chi connectivity index (χ0) is 20.4. The summed E-state index contributed by atoms with van der Waals surface area (Å²) in [5.41, 5.74) is 4.00. The summed E-state index contributed by atoms with van der Waals surface area (Å²) in [5, 5.41) is 0.939. The highest BCUT2D eigenvalue weighted by Gasteiger charge is 2.30. The summed E-state index contributed by atoms with van der Waals surface area (Å²) in [5.74, 6) is 1.53. The minimum atomic E-state index is 0.00517. The fourth-order valence-corrected chi connectivity index (χ4v) is 4.04. The lowest BCUT2D eigenvalue weighted by Crippen LogP contribution is -2.34. The molecule has 0 bridgehead atoms. The largest absolute Gasteiger partial charge is 0.497 e. The zero-order valence-corrected chi connectivity index (χ0v) is 17.1. The molecule has 0 aliphatic carbocycles. The molecule has 0 N–H and O–H groups in total. The van der Waals surface area contributed by atoms with Gasteiger partial charge in [-0.15, -0.1) is 0 Å². The molecule has 5 nitrogen and oxygen atoms in total. The number of aryl methyl sites for hydroxylation is 2. The van der Waals surface area contributed by atoms with E-state index in [0.717, 1.165) is 52.9 Å². The number of hydrogen-bond donors (Lipinski definition) is 0. The Kier molecular flexibility index (Phi) is 5.38. The van der Waals surface area contributed by atoms with Crippen molar-refractivity contribution in [2.45, 2.75) is 32.7 Å². The Balaban J connectivity index is 1.52. The van der Waals surface area contributed by atoms with Crippen LogP contribution in [0.5, 0.6) is 11.5 Å². The number of rotatable bonds is 5. The van der Waals surface area contributed by atoms with Crippen molar-refractivity contribution in [2.75, 3.05) is 20.3 Å². The Hall–Kier alpha value is -3.08. The molecule has 1 aliphatic rings. The molecule has 5 heteroatoms. The highest BCUT2D eigenvalue weighted by atomic mass is 16.5. The first-order chi connectivity index (χ1) is 14.0. The van der Waals surface area contributed by atoms with Crippen molar-refractivity contribution in [3.05, 3.63) is 65.4 Å². The topological polar surface area (TPSA) is 51.7 Å². The number of hydrogen-bond acceptors (Lipinski definition) is 4. The van der Waals surface area contributed by atoms with Gasteiger partial charge in [-0.25, -0.2) is 0 Å². The molecule has 0 radical (unpaired) electrons. The number of likely N-dealkylation sites (tertiary alicyclic amines) is 1. The third-order valence-corrected chi connectivity index (χ3v) is 5.46. The van der Waals surface area contributed by atoms with Crippen molar-refractivity contribution < 1.29 is 14.3 Å². The lowest BCUT2D eigenvalue weighted by atomic mass is 10.0. The third kappa shape index (κ3) is 4.04. The molecule has 2 heterocycles. The van der Waals surface area contributed by atoms with Crippen molar-refractivity contribution in [2.24, 2.45) is 0 Å². The molecule has 1 aromatic heterocycles. The zero-order valence-electron chi connectivity index (χ0n) is 17.1. The fourth-order valence-electron chi connectivity index (χ4n) is 4.04. The molecule has 0 unspecified atom stereocenters. The predicted octanol–water partition coefficient (Wildman–Crippen LogP) is 4.60. The van der Waals surface area contributed by atoms with Gasteiger partial charge in [0.1, 0.15) is 11.5 Å². The molecule has 2 aromatic carbocycles. The second kappa shape index (κ2) is 8.11. The highest BCUT2D eigenvalue weighted by molar-refractivity contribution is 5.86. The van der Waals surface area contributed by atoms with E-state index in [0.29, 0.717) is 5.75 Å². The van der Waals surface area contributed by atoms with Gasteiger partial charge in [0, 0.05) is 23.7 Å². The minimum absolute atomic E-state index is 0.00517. The first-order valence-electron chi connectivity index (χ1n) is 9.99. The van der Waals surface area contributed by atoms with Crippen LogP contribution < -0.4 is 9.47 Å². The van der Waals surface area contributed by atoms with Gasteiger partial charge in [0.05, 0.1) is 18.7 Å². The molecular formula is C24H26N2O3. The van der Waals surface area contributed by atoms with Gasteiger partial charge < -0.3 is 14.4 Å². The number of amides is 1. The van der Waals surface area contributed by atoms with E-state index in [1.807, 2.05) is 55.1 Å². The van der Waals surface area contributed by atoms with Crippen LogP contribution in [0, 0.1) is 13.8 Å². The standard InChI is InChI=1S/C24H26N2O3/c1-16-9-10-21-20(12-16)23(13-17(2)25-21)29-15-24(27)26-11-5-8-22(26)18-6-4-7-19(14-18)28-3/h4,6-7,9-10,12-14,22H,5,8,11,15H2,1-3H3/t22-/m1/s1. The molecular weight excluding hydrogens is 364 g/mol. The van der Waals surface area contributed by atoms with Crippen LogP contribution in [-0.4, -0.2) is 36.1 Å². The molecule has 4 rings (SSSR count). The van der Waals surface area contributed by atoms with Crippen LogP contribution in [0.1, 0.15) is 35.7 Å². The quantitative estimate of drug-likeness (QED) is 0.639. The Morgan fingerprint density at radius 3 is 2.86 bits per heavy atom. The van der Waals surface area contributed by atoms with Crippen LogP contribution in [0.4, 0.5) is 0 Å². The summed E-state index contributed by atoms with van der Waals surface area (Å²) in [6.07, 6.45) is 1.94. The SMILES string of the molecule is COc1cccc([C@H]2CCCN2C(=O)COc2cc(C)nc3ccc(C)cc23)c1. The van der Waals surface area contributed by atoms with E-state index in [-0.39, 0.29) is 18.6 Å². The van der Waals surface area contributed by atoms with Gasteiger partial charge in [-0.2, -0.15) is 0 Å². The van der Waals surface area contributed by atoms with Gasteiger partial charge in [0.2, 0.25) is 0 Å². The smallest absolute Gasteiger partial charge is 0.261 e. The van der Waals surface area contributed by atoms with Crippen molar-refractivity contribution >= 4 is 16.8 Å². The lowest BCUT2D eigenvalue weighted by Gasteiger charge is -2.25. The monoisotopic (exact) mass is 390 g/mol. The Morgan fingerprint density at radius 2 is 2.03 bits per heavy atom. The Morgan fingerprint density at radius 1 is 1.17 bits per heavy atom. The molecule has 0 spiro atoms. The number of ether oxygens (including phenoxy) is 2. The first-order valence-corrected chi connectivity index (χ1v) is 9.99. The van der Waals surface area contributed by atoms with Crippen LogP contribution in [-0.2, 0) is 4.79 Å². The summed E-state index contributed by atoms with van der Waals surface area (Å²) in [7, 11) is 1.66. The summed E-state index contributed by atoms with van der Waals surface area (Å²) < 4.78 is 11.3. The van der Waals surface area contributed by atoms with Crippen LogP contribution >= 0.6 is 0 Å². The fraction of sp³-hybridized carbons (Fsp3) is 0.333. The summed E-state index contributed by atoms with van der Waals surface area (Å²) in [4.78, 5) is 19.5. The van der Waals surface area contributed by atoms with Crippen molar-refractivity contribution in [1.29, 1.82) is 0 Å². The second-order valence-electron chi connectivity index (χ2n) is 7.59. The van der Waals surface area contributed by atoms with Gasteiger partial charge in [0.15, 0.2) is 6.61 Å². The van der Waals surface area contributed by atoms with Crippen LogP contribution in [0.3, 0.4) is 0 Å². The molecule has 0 saturated carbocycles. The van der Waals surface area contributed by atoms with Gasteiger partial charge >= 0.3 is 0 Å². The molecule has 1 amide bonds. The molecule has 1 atom stereocenters. The van der Waals surface area contributed by atoms with E-state index in [4.69, 9.17) is 9.47 Å². The maximum absolute atomic E-state index is 13.0. The first kappa shape index (κ1) is 19.2. The normalized spacial score (nSPS) is 16.2. The maximum atomic E-state index is 13.0. The van der Waals surface area contributed by atoms with E-state index < -0.39 is 0 Å². The van der Waals surface area contributed by atoms with Crippen LogP contribution in [0.15, 0.2) is 48.5 Å². The van der Waals surface area contributed by atoms with Gasteiger partial charge in [-0.1, -0.05) is 23.8 Å². The van der Waals surface area contributed by atoms with Gasteiger partial charge in [-0.3, -0.25) is 9.78 Å². The number of aromatic nitrogens is 1. The van der Waals surface area contributed by atoms with Crippen molar-refractivity contribution in [1.82, 2.24) is 9.88 Å². The lowest BCUT2D eigenvalue weighted by molar-refractivity contribution is -0.134. The molecule has 1 saturated heterocycles. The number of benzene rings is 2. The Labute approximate surface area is 171 Å². The number of carbonyl (C=O) groups is 1. The van der Waals surface area contributed by atoms with Crippen molar-refractivity contribution in [3.63, 3.8) is 0 Å². The molecule has 29 heavy (non-hydrogen) atoms.